The second kappa shape index (κ2) is 8.67. The Bertz CT molecular complexity index is 445. The number of rotatable bonds is 8. The Morgan fingerprint density at radius 2 is 2.10 bits per heavy atom. The van der Waals surface area contributed by atoms with Crippen LogP contribution in [-0.2, 0) is 0 Å². The first-order chi connectivity index (χ1) is 9.99. The SMILES string of the molecule is CCCOc1cccc(C(=O)N(C)[C@@H](CO)CC(C)C)c1. The van der Waals surface area contributed by atoms with E-state index in [9.17, 15) is 9.90 Å². The van der Waals surface area contributed by atoms with Crippen molar-refractivity contribution in [2.75, 3.05) is 20.3 Å². The van der Waals surface area contributed by atoms with Crippen LogP contribution in [0.15, 0.2) is 24.3 Å². The molecule has 0 saturated heterocycles. The van der Waals surface area contributed by atoms with Crippen molar-refractivity contribution in [3.8, 4) is 5.75 Å². The molecule has 1 rings (SSSR count). The van der Waals surface area contributed by atoms with Gasteiger partial charge in [0, 0.05) is 12.6 Å². The fraction of sp³-hybridized carbons (Fsp3) is 0.588. The van der Waals surface area contributed by atoms with Gasteiger partial charge < -0.3 is 14.7 Å². The van der Waals surface area contributed by atoms with Gasteiger partial charge in [-0.25, -0.2) is 0 Å². The van der Waals surface area contributed by atoms with E-state index in [2.05, 4.69) is 13.8 Å². The van der Waals surface area contributed by atoms with E-state index in [4.69, 9.17) is 4.74 Å². The standard InChI is InChI=1S/C17H27NO3/c1-5-9-21-16-8-6-7-14(11-16)17(20)18(4)15(12-19)10-13(2)3/h6-8,11,13,15,19H,5,9-10,12H2,1-4H3/t15-/m1/s1. The molecular formula is C17H27NO3. The molecule has 21 heavy (non-hydrogen) atoms. The Morgan fingerprint density at radius 1 is 1.38 bits per heavy atom. The average Bonchev–Trinajstić information content (AvgIpc) is 2.49. The van der Waals surface area contributed by atoms with E-state index in [-0.39, 0.29) is 18.6 Å². The van der Waals surface area contributed by atoms with Crippen molar-refractivity contribution in [2.24, 2.45) is 5.92 Å². The fourth-order valence-corrected chi connectivity index (χ4v) is 2.21. The molecule has 0 fully saturated rings. The number of likely N-dealkylation sites (N-methyl/N-ethyl adjacent to an activating group) is 1. The van der Waals surface area contributed by atoms with Gasteiger partial charge in [-0.15, -0.1) is 0 Å². The lowest BCUT2D eigenvalue weighted by Gasteiger charge is -2.28. The molecule has 1 aromatic carbocycles. The van der Waals surface area contributed by atoms with E-state index in [0.717, 1.165) is 12.8 Å². The second-order valence-corrected chi connectivity index (χ2v) is 5.76. The lowest BCUT2D eigenvalue weighted by Crippen LogP contribution is -2.40. The highest BCUT2D eigenvalue weighted by Gasteiger charge is 2.21. The lowest BCUT2D eigenvalue weighted by molar-refractivity contribution is 0.0630. The van der Waals surface area contributed by atoms with E-state index in [1.807, 2.05) is 19.1 Å². The zero-order valence-electron chi connectivity index (χ0n) is 13.5. The summed E-state index contributed by atoms with van der Waals surface area (Å²) >= 11 is 0. The summed E-state index contributed by atoms with van der Waals surface area (Å²) in [6, 6.07) is 7.06. The first kappa shape index (κ1) is 17.5. The normalized spacial score (nSPS) is 12.3. The summed E-state index contributed by atoms with van der Waals surface area (Å²) in [6.45, 7) is 6.83. The number of aliphatic hydroxyl groups is 1. The average molecular weight is 293 g/mol. The molecular weight excluding hydrogens is 266 g/mol. The van der Waals surface area contributed by atoms with Crippen LogP contribution in [0, 0.1) is 5.92 Å². The van der Waals surface area contributed by atoms with Gasteiger partial charge in [0.05, 0.1) is 19.3 Å². The van der Waals surface area contributed by atoms with Crippen molar-refractivity contribution >= 4 is 5.91 Å². The molecule has 1 amide bonds. The van der Waals surface area contributed by atoms with E-state index in [0.29, 0.717) is 23.8 Å². The summed E-state index contributed by atoms with van der Waals surface area (Å²) in [6.07, 6.45) is 1.71. The van der Waals surface area contributed by atoms with E-state index < -0.39 is 0 Å². The quantitative estimate of drug-likeness (QED) is 0.801. The van der Waals surface area contributed by atoms with Crippen molar-refractivity contribution in [2.45, 2.75) is 39.7 Å². The molecule has 4 nitrogen and oxygen atoms in total. The van der Waals surface area contributed by atoms with Gasteiger partial charge in [-0.2, -0.15) is 0 Å². The maximum atomic E-state index is 12.5. The molecule has 1 aromatic rings. The maximum absolute atomic E-state index is 12.5. The summed E-state index contributed by atoms with van der Waals surface area (Å²) < 4.78 is 5.56. The summed E-state index contributed by atoms with van der Waals surface area (Å²) in [7, 11) is 1.74. The first-order valence-corrected chi connectivity index (χ1v) is 7.60. The number of ether oxygens (including phenoxy) is 1. The summed E-state index contributed by atoms with van der Waals surface area (Å²) in [5, 5.41) is 9.49. The maximum Gasteiger partial charge on any atom is 0.254 e. The molecule has 1 N–H and O–H groups in total. The van der Waals surface area contributed by atoms with Crippen molar-refractivity contribution in [1.82, 2.24) is 4.90 Å². The Kier molecular flexibility index (Phi) is 7.23. The van der Waals surface area contributed by atoms with E-state index in [1.165, 1.54) is 0 Å². The topological polar surface area (TPSA) is 49.8 Å². The van der Waals surface area contributed by atoms with Crippen LogP contribution in [0.3, 0.4) is 0 Å². The van der Waals surface area contributed by atoms with Gasteiger partial charge in [0.25, 0.3) is 5.91 Å². The predicted octanol–water partition coefficient (Wildman–Crippen LogP) is 2.95. The summed E-state index contributed by atoms with van der Waals surface area (Å²) in [5.74, 6) is 1.05. The molecule has 0 aromatic heterocycles. The third-order valence-electron chi connectivity index (χ3n) is 3.38. The van der Waals surface area contributed by atoms with Gasteiger partial charge in [0.15, 0.2) is 0 Å². The van der Waals surface area contributed by atoms with Crippen LogP contribution in [0.25, 0.3) is 0 Å². The number of amides is 1. The van der Waals surface area contributed by atoms with Gasteiger partial charge >= 0.3 is 0 Å². The molecule has 0 heterocycles. The molecule has 0 aliphatic carbocycles. The van der Waals surface area contributed by atoms with Crippen LogP contribution < -0.4 is 4.74 Å². The number of aliphatic hydroxyl groups excluding tert-OH is 1. The third kappa shape index (κ3) is 5.38. The molecule has 0 unspecified atom stereocenters. The second-order valence-electron chi connectivity index (χ2n) is 5.76. The smallest absolute Gasteiger partial charge is 0.254 e. The van der Waals surface area contributed by atoms with Gasteiger partial charge in [-0.3, -0.25) is 4.79 Å². The molecule has 1 atom stereocenters. The molecule has 0 spiro atoms. The fourth-order valence-electron chi connectivity index (χ4n) is 2.21. The number of carbonyl (C=O) groups is 1. The number of nitrogens with zero attached hydrogens (tertiary/aromatic N) is 1. The van der Waals surface area contributed by atoms with Crippen molar-refractivity contribution < 1.29 is 14.6 Å². The van der Waals surface area contributed by atoms with Crippen LogP contribution in [0.1, 0.15) is 44.0 Å². The van der Waals surface area contributed by atoms with Crippen LogP contribution in [0.4, 0.5) is 0 Å². The molecule has 4 heteroatoms. The minimum atomic E-state index is -0.155. The van der Waals surface area contributed by atoms with Gasteiger partial charge in [0.2, 0.25) is 0 Å². The molecule has 0 aliphatic heterocycles. The van der Waals surface area contributed by atoms with E-state index in [1.54, 1.807) is 24.1 Å². The van der Waals surface area contributed by atoms with Gasteiger partial charge in [0.1, 0.15) is 5.75 Å². The number of benzene rings is 1. The summed E-state index contributed by atoms with van der Waals surface area (Å²) in [5.41, 5.74) is 0.591. The Labute approximate surface area is 127 Å². The third-order valence-corrected chi connectivity index (χ3v) is 3.38. The Morgan fingerprint density at radius 3 is 2.67 bits per heavy atom. The van der Waals surface area contributed by atoms with Crippen LogP contribution in [0.2, 0.25) is 0 Å². The van der Waals surface area contributed by atoms with Crippen molar-refractivity contribution in [3.63, 3.8) is 0 Å². The highest BCUT2D eigenvalue weighted by atomic mass is 16.5. The number of carbonyl (C=O) groups excluding carboxylic acids is 1. The number of hydrogen-bond donors (Lipinski definition) is 1. The van der Waals surface area contributed by atoms with Crippen molar-refractivity contribution in [3.05, 3.63) is 29.8 Å². The monoisotopic (exact) mass is 293 g/mol. The van der Waals surface area contributed by atoms with E-state index >= 15 is 0 Å². The van der Waals surface area contributed by atoms with Crippen molar-refractivity contribution in [1.29, 1.82) is 0 Å². The predicted molar refractivity (Wildman–Crippen MR) is 84.7 cm³/mol. The summed E-state index contributed by atoms with van der Waals surface area (Å²) in [4.78, 5) is 14.1. The first-order valence-electron chi connectivity index (χ1n) is 7.60. The zero-order chi connectivity index (χ0) is 15.8. The van der Waals surface area contributed by atoms with Crippen LogP contribution in [0.5, 0.6) is 5.75 Å². The highest BCUT2D eigenvalue weighted by molar-refractivity contribution is 5.94. The minimum Gasteiger partial charge on any atom is -0.494 e. The molecule has 0 saturated carbocycles. The molecule has 0 aliphatic rings. The zero-order valence-corrected chi connectivity index (χ0v) is 13.5. The Balaban J connectivity index is 2.81. The Hall–Kier alpha value is -1.55. The van der Waals surface area contributed by atoms with Crippen LogP contribution >= 0.6 is 0 Å². The van der Waals surface area contributed by atoms with Gasteiger partial charge in [-0.05, 0) is 37.0 Å². The lowest BCUT2D eigenvalue weighted by atomic mass is 10.0. The largest absolute Gasteiger partial charge is 0.494 e. The highest BCUT2D eigenvalue weighted by Crippen LogP contribution is 2.17. The molecule has 0 radical (unpaired) electrons. The minimum absolute atomic E-state index is 0.0214. The molecule has 0 bridgehead atoms. The van der Waals surface area contributed by atoms with Crippen LogP contribution in [-0.4, -0.2) is 42.2 Å². The van der Waals surface area contributed by atoms with Gasteiger partial charge in [-0.1, -0.05) is 26.8 Å². The number of hydrogen-bond acceptors (Lipinski definition) is 3. The molecule has 118 valence electrons.